The van der Waals surface area contributed by atoms with Crippen LogP contribution in [0.25, 0.3) is 0 Å². The van der Waals surface area contributed by atoms with Crippen molar-refractivity contribution in [1.29, 1.82) is 0 Å². The minimum Gasteiger partial charge on any atom is -0.478 e. The zero-order chi connectivity index (χ0) is 19.1. The first kappa shape index (κ1) is 18.1. The average Bonchev–Trinajstić information content (AvgIpc) is 2.94. The maximum atomic E-state index is 12.0. The maximum Gasteiger partial charge on any atom is 0.407 e. The van der Waals surface area contributed by atoms with Gasteiger partial charge in [-0.15, -0.1) is 0 Å². The van der Waals surface area contributed by atoms with Gasteiger partial charge in [-0.25, -0.2) is 9.59 Å². The number of nitrogens with one attached hydrogen (secondary N) is 1. The number of carbonyl (C=O) groups is 2. The van der Waals surface area contributed by atoms with E-state index in [-0.39, 0.29) is 18.2 Å². The molecule has 3 rings (SSSR count). The number of hydrogen-bond acceptors (Lipinski definition) is 6. The molecule has 0 unspecified atom stereocenters. The number of carboxylic acid groups (broad SMARTS) is 1. The van der Waals surface area contributed by atoms with E-state index in [0.29, 0.717) is 30.0 Å². The molecule has 8 nitrogen and oxygen atoms in total. The minimum atomic E-state index is -1.12. The second kappa shape index (κ2) is 6.53. The summed E-state index contributed by atoms with van der Waals surface area (Å²) < 4.78 is 10.9. The van der Waals surface area contributed by atoms with Crippen molar-refractivity contribution in [2.24, 2.45) is 0 Å². The number of ether oxygens (including phenoxy) is 2. The van der Waals surface area contributed by atoms with Crippen molar-refractivity contribution in [3.8, 4) is 5.75 Å². The third-order valence-electron chi connectivity index (χ3n) is 4.12. The van der Waals surface area contributed by atoms with Crippen molar-refractivity contribution in [1.82, 2.24) is 5.32 Å². The molecule has 1 fully saturated rings. The van der Waals surface area contributed by atoms with Gasteiger partial charge in [0, 0.05) is 13.0 Å². The van der Waals surface area contributed by atoms with Gasteiger partial charge in [0.05, 0.1) is 29.6 Å². The average molecular weight is 362 g/mol. The Kier molecular flexibility index (Phi) is 4.53. The van der Waals surface area contributed by atoms with Gasteiger partial charge in [-0.2, -0.15) is 0 Å². The summed E-state index contributed by atoms with van der Waals surface area (Å²) in [4.78, 5) is 25.3. The molecule has 26 heavy (non-hydrogen) atoms. The van der Waals surface area contributed by atoms with Crippen LogP contribution >= 0.6 is 0 Å². The Morgan fingerprint density at radius 3 is 2.73 bits per heavy atom. The lowest BCUT2D eigenvalue weighted by atomic mass is 10.1. The van der Waals surface area contributed by atoms with Crippen LogP contribution in [0.5, 0.6) is 5.75 Å². The van der Waals surface area contributed by atoms with Gasteiger partial charge in [0.2, 0.25) is 0 Å². The van der Waals surface area contributed by atoms with Crippen LogP contribution in [0.1, 0.15) is 43.1 Å². The molecule has 3 N–H and O–H groups in total. The molecule has 1 atom stereocenters. The molecule has 2 aliphatic heterocycles. The number of nitrogens with zero attached hydrogens (tertiary/aromatic N) is 1. The van der Waals surface area contributed by atoms with Gasteiger partial charge in [-0.1, -0.05) is 0 Å². The second-order valence-electron chi connectivity index (χ2n) is 7.33. The summed E-state index contributed by atoms with van der Waals surface area (Å²) in [5, 5.41) is 21.6. The van der Waals surface area contributed by atoms with Crippen LogP contribution in [0.15, 0.2) is 24.1 Å². The Labute approximate surface area is 151 Å². The lowest BCUT2D eigenvalue weighted by Gasteiger charge is -2.27. The molecule has 2 aliphatic rings. The fourth-order valence-corrected chi connectivity index (χ4v) is 3.08. The molecule has 0 bridgehead atoms. The fraction of sp³-hybridized carbons (Fsp3) is 0.444. The van der Waals surface area contributed by atoms with Crippen LogP contribution in [0.2, 0.25) is 0 Å². The number of carboxylic acids is 1. The van der Waals surface area contributed by atoms with Gasteiger partial charge in [0.1, 0.15) is 11.9 Å². The number of carbonyl (C=O) groups excluding carboxylic acids is 1. The Bertz CT molecular complexity index is 781. The molecule has 1 aromatic carbocycles. The van der Waals surface area contributed by atoms with E-state index in [1.165, 1.54) is 6.07 Å². The zero-order valence-electron chi connectivity index (χ0n) is 14.9. The summed E-state index contributed by atoms with van der Waals surface area (Å²) in [5.41, 5.74) is 1.28. The highest BCUT2D eigenvalue weighted by Crippen LogP contribution is 2.41. The van der Waals surface area contributed by atoms with Gasteiger partial charge in [0.25, 0.3) is 0 Å². The molecule has 8 heteroatoms. The van der Waals surface area contributed by atoms with Crippen molar-refractivity contribution < 1.29 is 29.3 Å². The smallest absolute Gasteiger partial charge is 0.407 e. The fourth-order valence-electron chi connectivity index (χ4n) is 3.08. The third-order valence-corrected chi connectivity index (χ3v) is 4.12. The number of benzene rings is 1. The first-order chi connectivity index (χ1) is 12.2. The quantitative estimate of drug-likeness (QED) is 0.756. The lowest BCUT2D eigenvalue weighted by Crippen LogP contribution is -2.40. The summed E-state index contributed by atoms with van der Waals surface area (Å²) >= 11 is 0. The number of amides is 1. The van der Waals surface area contributed by atoms with Gasteiger partial charge >= 0.3 is 12.1 Å². The summed E-state index contributed by atoms with van der Waals surface area (Å²) in [5.74, 6) is -0.720. The van der Waals surface area contributed by atoms with Crippen LogP contribution in [0.4, 0.5) is 10.5 Å². The first-order valence-corrected chi connectivity index (χ1v) is 8.32. The summed E-state index contributed by atoms with van der Waals surface area (Å²) in [6, 6.07) is 2.86. The maximum absolute atomic E-state index is 12.0. The third kappa shape index (κ3) is 3.60. The number of hydrogen-bond donors (Lipinski definition) is 3. The highest BCUT2D eigenvalue weighted by molar-refractivity contribution is 5.91. The number of aromatic carboxylic acids is 1. The summed E-state index contributed by atoms with van der Waals surface area (Å²) in [7, 11) is 0. The van der Waals surface area contributed by atoms with Gasteiger partial charge < -0.3 is 29.9 Å². The molecule has 0 aliphatic carbocycles. The topological polar surface area (TPSA) is 108 Å². The number of aliphatic hydroxyl groups excluding tert-OH is 1. The molecule has 0 saturated carbocycles. The van der Waals surface area contributed by atoms with Gasteiger partial charge in [0.15, 0.2) is 5.75 Å². The molecule has 0 aromatic heterocycles. The number of fused-ring (bicyclic) bond motifs is 3. The number of anilines is 1. The normalized spacial score (nSPS) is 18.4. The van der Waals surface area contributed by atoms with Crippen LogP contribution in [-0.4, -0.2) is 40.5 Å². The summed E-state index contributed by atoms with van der Waals surface area (Å²) in [6.07, 6.45) is 1.64. The van der Waals surface area contributed by atoms with E-state index in [1.54, 1.807) is 33.1 Å². The van der Waals surface area contributed by atoms with Crippen LogP contribution < -0.4 is 15.0 Å². The molecule has 1 amide bonds. The van der Waals surface area contributed by atoms with Crippen molar-refractivity contribution in [2.45, 2.75) is 45.4 Å². The Morgan fingerprint density at radius 1 is 1.38 bits per heavy atom. The van der Waals surface area contributed by atoms with Crippen molar-refractivity contribution >= 4 is 17.7 Å². The molecular weight excluding hydrogens is 340 g/mol. The number of rotatable bonds is 3. The monoisotopic (exact) mass is 362 g/mol. The summed E-state index contributed by atoms with van der Waals surface area (Å²) in [6.45, 7) is 5.51. The second-order valence-corrected chi connectivity index (χ2v) is 7.33. The van der Waals surface area contributed by atoms with E-state index in [0.717, 1.165) is 5.70 Å². The van der Waals surface area contributed by atoms with E-state index in [4.69, 9.17) is 9.47 Å². The van der Waals surface area contributed by atoms with Crippen LogP contribution in [-0.2, 0) is 11.3 Å². The SMILES string of the molecule is CC(C)(C)OC(=O)N[C@H]1CC2=COc3cc(C(=O)O)c(CO)cc3N2C1. The van der Waals surface area contributed by atoms with E-state index >= 15 is 0 Å². The first-order valence-electron chi connectivity index (χ1n) is 8.32. The predicted octanol–water partition coefficient (Wildman–Crippen LogP) is 2.21. The van der Waals surface area contributed by atoms with Crippen molar-refractivity contribution in [2.75, 3.05) is 11.4 Å². The van der Waals surface area contributed by atoms with Gasteiger partial charge in [-0.05, 0) is 38.5 Å². The van der Waals surface area contributed by atoms with E-state index in [2.05, 4.69) is 5.32 Å². The highest BCUT2D eigenvalue weighted by atomic mass is 16.6. The molecule has 0 radical (unpaired) electrons. The molecule has 140 valence electrons. The Morgan fingerprint density at radius 2 is 2.12 bits per heavy atom. The van der Waals surface area contributed by atoms with Crippen molar-refractivity contribution in [3.63, 3.8) is 0 Å². The van der Waals surface area contributed by atoms with Crippen molar-refractivity contribution in [3.05, 3.63) is 35.2 Å². The lowest BCUT2D eigenvalue weighted by molar-refractivity contribution is 0.0509. The minimum absolute atomic E-state index is 0.00530. The Hall–Kier alpha value is -2.74. The van der Waals surface area contributed by atoms with E-state index in [1.807, 2.05) is 4.90 Å². The molecule has 1 aromatic rings. The molecular formula is C18H22N2O6. The van der Waals surface area contributed by atoms with Crippen LogP contribution in [0, 0.1) is 0 Å². The molecule has 1 saturated heterocycles. The zero-order valence-corrected chi connectivity index (χ0v) is 14.9. The standard InChI is InChI=1S/C18H22N2O6/c1-18(2,3)26-17(24)19-11-5-12-9-25-15-6-13(16(22)23)10(8-21)4-14(15)20(12)7-11/h4,6,9,11,21H,5,7-8H2,1-3H3,(H,19,24)(H,22,23)/t11-/m0/s1. The number of alkyl carbamates (subject to hydrolysis) is 1. The predicted molar refractivity (Wildman–Crippen MR) is 93.2 cm³/mol. The van der Waals surface area contributed by atoms with Crippen LogP contribution in [0.3, 0.4) is 0 Å². The molecule has 2 heterocycles. The number of aliphatic hydroxyl groups is 1. The molecule has 0 spiro atoms. The highest BCUT2D eigenvalue weighted by Gasteiger charge is 2.34. The van der Waals surface area contributed by atoms with E-state index in [9.17, 15) is 19.8 Å². The van der Waals surface area contributed by atoms with Gasteiger partial charge in [-0.3, -0.25) is 0 Å². The van der Waals surface area contributed by atoms with E-state index < -0.39 is 17.7 Å². The Balaban J connectivity index is 1.79. The largest absolute Gasteiger partial charge is 0.478 e.